The molecule has 3 heteroatoms. The standard InChI is InChI=1S/C14H23NO2/c1-12(2)8-11-16-9-3-10-17-14-6-4-13(15)5-7-14/h4-7,12H,3,8-11,15H2,1-2H3. The fraction of sp³-hybridized carbons (Fsp3) is 0.571. The molecule has 0 aliphatic heterocycles. The topological polar surface area (TPSA) is 44.5 Å². The SMILES string of the molecule is CC(C)CCOCCCOc1ccc(N)cc1. The Bertz CT molecular complexity index is 296. The van der Waals surface area contributed by atoms with Gasteiger partial charge in [0.15, 0.2) is 0 Å². The Kier molecular flexibility index (Phi) is 6.48. The Labute approximate surface area is 104 Å². The van der Waals surface area contributed by atoms with Crippen LogP contribution in [-0.4, -0.2) is 19.8 Å². The van der Waals surface area contributed by atoms with Gasteiger partial charge in [-0.1, -0.05) is 13.8 Å². The van der Waals surface area contributed by atoms with Crippen LogP contribution >= 0.6 is 0 Å². The van der Waals surface area contributed by atoms with Crippen molar-refractivity contribution in [2.24, 2.45) is 5.92 Å². The van der Waals surface area contributed by atoms with Crippen LogP contribution in [0.15, 0.2) is 24.3 Å². The Morgan fingerprint density at radius 2 is 1.76 bits per heavy atom. The van der Waals surface area contributed by atoms with Crippen molar-refractivity contribution in [1.82, 2.24) is 0 Å². The van der Waals surface area contributed by atoms with Crippen LogP contribution in [0.2, 0.25) is 0 Å². The highest BCUT2D eigenvalue weighted by molar-refractivity contribution is 5.41. The van der Waals surface area contributed by atoms with Gasteiger partial charge in [0.2, 0.25) is 0 Å². The lowest BCUT2D eigenvalue weighted by Crippen LogP contribution is -2.05. The quantitative estimate of drug-likeness (QED) is 0.558. The Morgan fingerprint density at radius 1 is 1.06 bits per heavy atom. The minimum Gasteiger partial charge on any atom is -0.494 e. The lowest BCUT2D eigenvalue weighted by molar-refractivity contribution is 0.110. The molecule has 0 saturated carbocycles. The zero-order valence-electron chi connectivity index (χ0n) is 10.8. The maximum Gasteiger partial charge on any atom is 0.119 e. The molecule has 0 atom stereocenters. The smallest absolute Gasteiger partial charge is 0.119 e. The van der Waals surface area contributed by atoms with Gasteiger partial charge in [-0.2, -0.15) is 0 Å². The summed E-state index contributed by atoms with van der Waals surface area (Å²) in [6, 6.07) is 7.45. The van der Waals surface area contributed by atoms with Gasteiger partial charge in [0.1, 0.15) is 5.75 Å². The molecule has 0 aromatic heterocycles. The molecule has 3 nitrogen and oxygen atoms in total. The molecule has 0 aliphatic rings. The van der Waals surface area contributed by atoms with E-state index < -0.39 is 0 Å². The maximum absolute atomic E-state index is 5.59. The Balaban J connectivity index is 1.99. The van der Waals surface area contributed by atoms with Gasteiger partial charge >= 0.3 is 0 Å². The predicted molar refractivity (Wildman–Crippen MR) is 71.2 cm³/mol. The van der Waals surface area contributed by atoms with Gasteiger partial charge in [0.25, 0.3) is 0 Å². The van der Waals surface area contributed by atoms with E-state index in [1.807, 2.05) is 24.3 Å². The molecule has 0 radical (unpaired) electrons. The third-order valence-corrected chi connectivity index (χ3v) is 2.42. The molecule has 0 heterocycles. The van der Waals surface area contributed by atoms with Crippen molar-refractivity contribution in [3.63, 3.8) is 0 Å². The van der Waals surface area contributed by atoms with Crippen molar-refractivity contribution < 1.29 is 9.47 Å². The van der Waals surface area contributed by atoms with Crippen LogP contribution in [0.5, 0.6) is 5.75 Å². The molecule has 1 rings (SSSR count). The zero-order valence-corrected chi connectivity index (χ0v) is 10.8. The Hall–Kier alpha value is -1.22. The lowest BCUT2D eigenvalue weighted by Gasteiger charge is -2.08. The number of nitrogen functional groups attached to an aromatic ring is 1. The number of anilines is 1. The number of nitrogens with two attached hydrogens (primary N) is 1. The molecular formula is C14H23NO2. The number of benzene rings is 1. The minimum atomic E-state index is 0.686. The van der Waals surface area contributed by atoms with Crippen molar-refractivity contribution in [3.8, 4) is 5.75 Å². The van der Waals surface area contributed by atoms with Crippen molar-refractivity contribution in [2.45, 2.75) is 26.7 Å². The zero-order chi connectivity index (χ0) is 12.5. The maximum atomic E-state index is 5.59. The van der Waals surface area contributed by atoms with Crippen LogP contribution in [0, 0.1) is 5.92 Å². The number of hydrogen-bond donors (Lipinski definition) is 1. The molecule has 0 saturated heterocycles. The lowest BCUT2D eigenvalue weighted by atomic mass is 10.1. The second-order valence-corrected chi connectivity index (χ2v) is 4.57. The summed E-state index contributed by atoms with van der Waals surface area (Å²) in [5, 5.41) is 0. The third-order valence-electron chi connectivity index (χ3n) is 2.42. The summed E-state index contributed by atoms with van der Waals surface area (Å²) in [6.07, 6.45) is 2.04. The fourth-order valence-electron chi connectivity index (χ4n) is 1.34. The first-order chi connectivity index (χ1) is 8.18. The second-order valence-electron chi connectivity index (χ2n) is 4.57. The van der Waals surface area contributed by atoms with Crippen molar-refractivity contribution in [3.05, 3.63) is 24.3 Å². The number of ether oxygens (including phenoxy) is 2. The summed E-state index contributed by atoms with van der Waals surface area (Å²) in [6.45, 7) is 6.70. The van der Waals surface area contributed by atoms with Crippen molar-refractivity contribution in [2.75, 3.05) is 25.6 Å². The van der Waals surface area contributed by atoms with E-state index in [1.165, 1.54) is 0 Å². The summed E-state index contributed by atoms with van der Waals surface area (Å²) < 4.78 is 11.1. The molecule has 0 amide bonds. The van der Waals surface area contributed by atoms with Gasteiger partial charge < -0.3 is 15.2 Å². The van der Waals surface area contributed by atoms with E-state index in [0.29, 0.717) is 12.5 Å². The highest BCUT2D eigenvalue weighted by Gasteiger charge is 1.95. The molecule has 2 N–H and O–H groups in total. The van der Waals surface area contributed by atoms with Crippen LogP contribution in [0.25, 0.3) is 0 Å². The molecule has 1 aromatic carbocycles. The van der Waals surface area contributed by atoms with E-state index in [2.05, 4.69) is 13.8 Å². The highest BCUT2D eigenvalue weighted by atomic mass is 16.5. The second kappa shape index (κ2) is 7.96. The van der Waals surface area contributed by atoms with Crippen molar-refractivity contribution >= 4 is 5.69 Å². The van der Waals surface area contributed by atoms with E-state index >= 15 is 0 Å². The van der Waals surface area contributed by atoms with Crippen LogP contribution in [0.4, 0.5) is 5.69 Å². The van der Waals surface area contributed by atoms with E-state index in [1.54, 1.807) is 0 Å². The largest absolute Gasteiger partial charge is 0.494 e. The van der Waals surface area contributed by atoms with Crippen molar-refractivity contribution in [1.29, 1.82) is 0 Å². The average Bonchev–Trinajstić information content (AvgIpc) is 2.30. The first-order valence-electron chi connectivity index (χ1n) is 6.24. The molecule has 96 valence electrons. The summed E-state index contributed by atoms with van der Waals surface area (Å²) in [5.41, 5.74) is 6.34. The molecule has 1 aromatic rings. The molecule has 17 heavy (non-hydrogen) atoms. The number of rotatable bonds is 8. The van der Waals surface area contributed by atoms with Gasteiger partial charge in [-0.05, 0) is 36.6 Å². The van der Waals surface area contributed by atoms with Gasteiger partial charge in [-0.15, -0.1) is 0 Å². The first kappa shape index (κ1) is 13.8. The molecule has 0 spiro atoms. The predicted octanol–water partition coefficient (Wildman–Crippen LogP) is 3.10. The Morgan fingerprint density at radius 3 is 2.41 bits per heavy atom. The first-order valence-corrected chi connectivity index (χ1v) is 6.24. The van der Waals surface area contributed by atoms with Gasteiger partial charge in [0, 0.05) is 25.3 Å². The molecule has 0 bridgehead atoms. The van der Waals surface area contributed by atoms with Crippen LogP contribution in [-0.2, 0) is 4.74 Å². The summed E-state index contributed by atoms with van der Waals surface area (Å²) >= 11 is 0. The summed E-state index contributed by atoms with van der Waals surface area (Å²) in [5.74, 6) is 1.57. The summed E-state index contributed by atoms with van der Waals surface area (Å²) in [7, 11) is 0. The van der Waals surface area contributed by atoms with E-state index in [9.17, 15) is 0 Å². The minimum absolute atomic E-state index is 0.686. The van der Waals surface area contributed by atoms with Gasteiger partial charge in [-0.25, -0.2) is 0 Å². The molecule has 0 unspecified atom stereocenters. The molecule has 0 aliphatic carbocycles. The van der Waals surface area contributed by atoms with Gasteiger partial charge in [-0.3, -0.25) is 0 Å². The van der Waals surface area contributed by atoms with E-state index in [0.717, 1.165) is 37.5 Å². The monoisotopic (exact) mass is 237 g/mol. The van der Waals surface area contributed by atoms with E-state index in [-0.39, 0.29) is 0 Å². The van der Waals surface area contributed by atoms with E-state index in [4.69, 9.17) is 15.2 Å². The summed E-state index contributed by atoms with van der Waals surface area (Å²) in [4.78, 5) is 0. The third kappa shape index (κ3) is 6.84. The van der Waals surface area contributed by atoms with Crippen LogP contribution in [0.3, 0.4) is 0 Å². The van der Waals surface area contributed by atoms with Crippen LogP contribution < -0.4 is 10.5 Å². The van der Waals surface area contributed by atoms with Gasteiger partial charge in [0.05, 0.1) is 6.61 Å². The number of hydrogen-bond acceptors (Lipinski definition) is 3. The van der Waals surface area contributed by atoms with Crippen LogP contribution in [0.1, 0.15) is 26.7 Å². The normalized spacial score (nSPS) is 10.8. The molecular weight excluding hydrogens is 214 g/mol. The average molecular weight is 237 g/mol. The fourth-order valence-corrected chi connectivity index (χ4v) is 1.34. The highest BCUT2D eigenvalue weighted by Crippen LogP contribution is 2.13. The molecule has 0 fully saturated rings.